The highest BCUT2D eigenvalue weighted by atomic mass is 16.1. The number of nitrogens with zero attached hydrogens (tertiary/aromatic N) is 1. The molecule has 0 aliphatic heterocycles. The van der Waals surface area contributed by atoms with Crippen LogP contribution < -0.4 is 5.32 Å². The molecule has 3 rings (SSSR count). The van der Waals surface area contributed by atoms with Gasteiger partial charge in [-0.25, -0.2) is 4.98 Å². The van der Waals surface area contributed by atoms with Crippen LogP contribution in [0.3, 0.4) is 0 Å². The lowest BCUT2D eigenvalue weighted by Crippen LogP contribution is -2.10. The first-order valence-electron chi connectivity index (χ1n) is 7.56. The number of hydrogen-bond donors (Lipinski definition) is 2. The molecule has 1 aliphatic carbocycles. The van der Waals surface area contributed by atoms with E-state index in [1.165, 1.54) is 25.7 Å². The van der Waals surface area contributed by atoms with Crippen molar-refractivity contribution in [1.29, 1.82) is 0 Å². The molecule has 20 heavy (non-hydrogen) atoms. The normalized spacial score (nSPS) is 15.8. The van der Waals surface area contributed by atoms with Gasteiger partial charge in [0.2, 0.25) is 5.91 Å². The first-order chi connectivity index (χ1) is 9.76. The van der Waals surface area contributed by atoms with Crippen molar-refractivity contribution in [2.75, 3.05) is 5.32 Å². The van der Waals surface area contributed by atoms with Gasteiger partial charge in [0.25, 0.3) is 0 Å². The minimum Gasteiger partial charge on any atom is -0.342 e. The number of hydrogen-bond acceptors (Lipinski definition) is 2. The van der Waals surface area contributed by atoms with Crippen molar-refractivity contribution >= 4 is 22.6 Å². The molecule has 1 aromatic heterocycles. The van der Waals surface area contributed by atoms with E-state index in [1.807, 2.05) is 25.1 Å². The molecule has 4 heteroatoms. The predicted molar refractivity (Wildman–Crippen MR) is 80.8 cm³/mol. The number of aromatic nitrogens is 2. The predicted octanol–water partition coefficient (Wildman–Crippen LogP) is 3.96. The second-order valence-electron chi connectivity index (χ2n) is 5.63. The summed E-state index contributed by atoms with van der Waals surface area (Å²) in [4.78, 5) is 19.7. The summed E-state index contributed by atoms with van der Waals surface area (Å²) in [5.74, 6) is 1.76. The van der Waals surface area contributed by atoms with Crippen LogP contribution in [0.4, 0.5) is 5.69 Å². The molecule has 0 radical (unpaired) electrons. The van der Waals surface area contributed by atoms with Crippen LogP contribution in [0.5, 0.6) is 0 Å². The molecular formula is C16H21N3O. The summed E-state index contributed by atoms with van der Waals surface area (Å²) >= 11 is 0. The molecule has 0 spiro atoms. The summed E-state index contributed by atoms with van der Waals surface area (Å²) in [7, 11) is 0. The minimum absolute atomic E-state index is 0.0716. The summed E-state index contributed by atoms with van der Waals surface area (Å²) in [6.45, 7) is 2.01. The van der Waals surface area contributed by atoms with Crippen LogP contribution in [0.2, 0.25) is 0 Å². The van der Waals surface area contributed by atoms with E-state index in [0.717, 1.165) is 29.0 Å². The largest absolute Gasteiger partial charge is 0.342 e. The van der Waals surface area contributed by atoms with Crippen LogP contribution >= 0.6 is 0 Å². The highest BCUT2D eigenvalue weighted by Crippen LogP contribution is 2.33. The summed E-state index contributed by atoms with van der Waals surface area (Å²) in [5.41, 5.74) is 2.85. The molecule has 0 atom stereocenters. The van der Waals surface area contributed by atoms with Gasteiger partial charge in [-0.2, -0.15) is 0 Å². The SMILES string of the molecule is CCCC(=O)Nc1ccc2nc(C3CCCC3)[nH]c2c1. The van der Waals surface area contributed by atoms with Crippen molar-refractivity contribution in [2.24, 2.45) is 0 Å². The molecule has 2 aromatic rings. The van der Waals surface area contributed by atoms with E-state index in [0.29, 0.717) is 12.3 Å². The lowest BCUT2D eigenvalue weighted by molar-refractivity contribution is -0.116. The Morgan fingerprint density at radius 1 is 1.40 bits per heavy atom. The third-order valence-electron chi connectivity index (χ3n) is 4.00. The molecule has 1 fully saturated rings. The smallest absolute Gasteiger partial charge is 0.224 e. The van der Waals surface area contributed by atoms with Crippen molar-refractivity contribution in [2.45, 2.75) is 51.4 Å². The van der Waals surface area contributed by atoms with E-state index in [4.69, 9.17) is 0 Å². The van der Waals surface area contributed by atoms with Crippen LogP contribution in [0.25, 0.3) is 11.0 Å². The fourth-order valence-corrected chi connectivity index (χ4v) is 2.95. The highest BCUT2D eigenvalue weighted by molar-refractivity contribution is 5.93. The average Bonchev–Trinajstić information content (AvgIpc) is 3.07. The zero-order valence-electron chi connectivity index (χ0n) is 11.9. The quantitative estimate of drug-likeness (QED) is 0.884. The van der Waals surface area contributed by atoms with Gasteiger partial charge in [0.1, 0.15) is 5.82 Å². The number of nitrogens with one attached hydrogen (secondary N) is 2. The maximum Gasteiger partial charge on any atom is 0.224 e. The second kappa shape index (κ2) is 5.65. The zero-order valence-corrected chi connectivity index (χ0v) is 11.9. The average molecular weight is 271 g/mol. The topological polar surface area (TPSA) is 57.8 Å². The van der Waals surface area contributed by atoms with Gasteiger partial charge in [-0.05, 0) is 37.5 Å². The van der Waals surface area contributed by atoms with Gasteiger partial charge >= 0.3 is 0 Å². The number of carbonyl (C=O) groups excluding carboxylic acids is 1. The summed E-state index contributed by atoms with van der Waals surface area (Å²) in [6.07, 6.45) is 6.51. The number of rotatable bonds is 4. The highest BCUT2D eigenvalue weighted by Gasteiger charge is 2.20. The Labute approximate surface area is 119 Å². The Morgan fingerprint density at radius 2 is 2.20 bits per heavy atom. The van der Waals surface area contributed by atoms with E-state index in [9.17, 15) is 4.79 Å². The first kappa shape index (κ1) is 13.2. The Hall–Kier alpha value is -1.84. The van der Waals surface area contributed by atoms with Gasteiger partial charge in [-0.1, -0.05) is 19.8 Å². The van der Waals surface area contributed by atoms with Gasteiger partial charge in [0.15, 0.2) is 0 Å². The number of amides is 1. The van der Waals surface area contributed by atoms with Crippen molar-refractivity contribution < 1.29 is 4.79 Å². The van der Waals surface area contributed by atoms with Crippen molar-refractivity contribution in [3.63, 3.8) is 0 Å². The van der Waals surface area contributed by atoms with Gasteiger partial charge in [-0.3, -0.25) is 4.79 Å². The second-order valence-corrected chi connectivity index (χ2v) is 5.63. The molecule has 1 heterocycles. The standard InChI is InChI=1S/C16H21N3O/c1-2-5-15(20)17-12-8-9-13-14(10-12)19-16(18-13)11-6-3-4-7-11/h8-11H,2-7H2,1H3,(H,17,20)(H,18,19). The number of aromatic amines is 1. The van der Waals surface area contributed by atoms with Crippen molar-refractivity contribution in [1.82, 2.24) is 9.97 Å². The fourth-order valence-electron chi connectivity index (χ4n) is 2.95. The molecule has 0 saturated heterocycles. The first-order valence-corrected chi connectivity index (χ1v) is 7.56. The summed E-state index contributed by atoms with van der Waals surface area (Å²) in [5, 5.41) is 2.93. The van der Waals surface area contributed by atoms with E-state index >= 15 is 0 Å². The third-order valence-corrected chi connectivity index (χ3v) is 4.00. The van der Waals surface area contributed by atoms with Crippen molar-refractivity contribution in [3.05, 3.63) is 24.0 Å². The number of anilines is 1. The fraction of sp³-hybridized carbons (Fsp3) is 0.500. The maximum atomic E-state index is 11.6. The molecule has 2 N–H and O–H groups in total. The number of imidazole rings is 1. The molecule has 1 saturated carbocycles. The van der Waals surface area contributed by atoms with E-state index in [2.05, 4.69) is 15.3 Å². The van der Waals surface area contributed by atoms with Crippen LogP contribution in [-0.2, 0) is 4.79 Å². The lowest BCUT2D eigenvalue weighted by Gasteiger charge is -2.03. The van der Waals surface area contributed by atoms with E-state index < -0.39 is 0 Å². The van der Waals surface area contributed by atoms with Gasteiger partial charge < -0.3 is 10.3 Å². The van der Waals surface area contributed by atoms with Crippen LogP contribution in [0.15, 0.2) is 18.2 Å². The molecule has 1 aromatic carbocycles. The molecular weight excluding hydrogens is 250 g/mol. The number of fused-ring (bicyclic) bond motifs is 1. The summed E-state index contributed by atoms with van der Waals surface area (Å²) in [6, 6.07) is 5.88. The minimum atomic E-state index is 0.0716. The molecule has 106 valence electrons. The number of benzene rings is 1. The van der Waals surface area contributed by atoms with Gasteiger partial charge in [0, 0.05) is 18.0 Å². The van der Waals surface area contributed by atoms with E-state index in [-0.39, 0.29) is 5.91 Å². The zero-order chi connectivity index (χ0) is 13.9. The number of H-pyrrole nitrogens is 1. The maximum absolute atomic E-state index is 11.6. The van der Waals surface area contributed by atoms with Crippen LogP contribution in [0.1, 0.15) is 57.2 Å². The van der Waals surface area contributed by atoms with E-state index in [1.54, 1.807) is 0 Å². The lowest BCUT2D eigenvalue weighted by atomic mass is 10.1. The molecule has 1 aliphatic rings. The molecule has 4 nitrogen and oxygen atoms in total. The molecule has 0 unspecified atom stereocenters. The molecule has 1 amide bonds. The Balaban J connectivity index is 1.81. The third kappa shape index (κ3) is 2.69. The Bertz CT molecular complexity index is 611. The van der Waals surface area contributed by atoms with Crippen molar-refractivity contribution in [3.8, 4) is 0 Å². The summed E-state index contributed by atoms with van der Waals surface area (Å²) < 4.78 is 0. The number of carbonyl (C=O) groups is 1. The van der Waals surface area contributed by atoms with Crippen LogP contribution in [-0.4, -0.2) is 15.9 Å². The van der Waals surface area contributed by atoms with Gasteiger partial charge in [0.05, 0.1) is 11.0 Å². The van der Waals surface area contributed by atoms with Crippen LogP contribution in [0, 0.1) is 0 Å². The Morgan fingerprint density at radius 3 is 2.95 bits per heavy atom. The monoisotopic (exact) mass is 271 g/mol. The van der Waals surface area contributed by atoms with Gasteiger partial charge in [-0.15, -0.1) is 0 Å². The Kier molecular flexibility index (Phi) is 3.72. The molecule has 0 bridgehead atoms.